The Hall–Kier alpha value is -1.14. The minimum atomic E-state index is -0.553. The van der Waals surface area contributed by atoms with Gasteiger partial charge in [-0.2, -0.15) is 0 Å². The number of anilines is 1. The fraction of sp³-hybridized carbons (Fsp3) is 0.625. The Labute approximate surface area is 126 Å². The molecule has 0 atom stereocenters. The highest BCUT2D eigenvalue weighted by molar-refractivity contribution is 5.54. The van der Waals surface area contributed by atoms with E-state index < -0.39 is 5.60 Å². The summed E-state index contributed by atoms with van der Waals surface area (Å²) in [5.74, 6) is 0. The van der Waals surface area contributed by atoms with Crippen LogP contribution in [-0.2, 0) is 6.54 Å². The molecule has 0 spiro atoms. The maximum Gasteiger partial charge on any atom is 0.102 e. The zero-order valence-electron chi connectivity index (χ0n) is 12.8. The smallest absolute Gasteiger partial charge is 0.102 e. The quantitative estimate of drug-likeness (QED) is 0.705. The van der Waals surface area contributed by atoms with E-state index >= 15 is 0 Å². The van der Waals surface area contributed by atoms with Crippen molar-refractivity contribution in [3.05, 3.63) is 29.8 Å². The van der Waals surface area contributed by atoms with E-state index in [9.17, 15) is 5.11 Å². The van der Waals surface area contributed by atoms with Gasteiger partial charge in [0.2, 0.25) is 0 Å². The van der Waals surface area contributed by atoms with Gasteiger partial charge in [-0.25, -0.2) is 0 Å². The third kappa shape index (κ3) is 3.55. The second kappa shape index (κ2) is 6.32. The topological polar surface area (TPSA) is 50.8 Å². The van der Waals surface area contributed by atoms with Gasteiger partial charge in [-0.1, -0.05) is 18.2 Å². The van der Waals surface area contributed by atoms with Crippen molar-refractivity contribution in [1.82, 2.24) is 15.5 Å². The zero-order valence-corrected chi connectivity index (χ0v) is 12.8. The van der Waals surface area contributed by atoms with E-state index in [2.05, 4.69) is 51.7 Å². The Morgan fingerprint density at radius 2 is 1.90 bits per heavy atom. The first-order valence-corrected chi connectivity index (χ1v) is 7.82. The molecule has 0 unspecified atom stereocenters. The predicted molar refractivity (Wildman–Crippen MR) is 85.7 cm³/mol. The minimum Gasteiger partial charge on any atom is -0.386 e. The molecule has 1 aromatic carbocycles. The summed E-state index contributed by atoms with van der Waals surface area (Å²) in [4.78, 5) is 4.84. The van der Waals surface area contributed by atoms with Gasteiger partial charge in [0.15, 0.2) is 0 Å². The lowest BCUT2D eigenvalue weighted by atomic mass is 9.97. The lowest BCUT2D eigenvalue weighted by molar-refractivity contribution is -0.00858. The van der Waals surface area contributed by atoms with E-state index in [1.807, 2.05) is 0 Å². The summed E-state index contributed by atoms with van der Waals surface area (Å²) < 4.78 is 0. The molecule has 3 N–H and O–H groups in total. The molecule has 0 saturated carbocycles. The summed E-state index contributed by atoms with van der Waals surface area (Å²) in [5, 5.41) is 16.6. The van der Waals surface area contributed by atoms with Crippen LogP contribution < -0.4 is 15.5 Å². The molecule has 1 aromatic rings. The summed E-state index contributed by atoms with van der Waals surface area (Å²) in [5.41, 5.74) is 2.10. The molecular weight excluding hydrogens is 264 g/mol. The Kier molecular flexibility index (Phi) is 4.45. The first kappa shape index (κ1) is 14.8. The molecule has 2 aliphatic heterocycles. The number of nitrogens with one attached hydrogen (secondary N) is 2. The highest BCUT2D eigenvalue weighted by Gasteiger charge is 2.33. The summed E-state index contributed by atoms with van der Waals surface area (Å²) >= 11 is 0. The molecule has 2 fully saturated rings. The Morgan fingerprint density at radius 1 is 1.19 bits per heavy atom. The van der Waals surface area contributed by atoms with Gasteiger partial charge in [0, 0.05) is 58.0 Å². The van der Waals surface area contributed by atoms with Crippen molar-refractivity contribution < 1.29 is 5.11 Å². The van der Waals surface area contributed by atoms with Gasteiger partial charge in [-0.05, 0) is 18.7 Å². The van der Waals surface area contributed by atoms with Crippen LogP contribution in [0, 0.1) is 0 Å². The third-order valence-corrected chi connectivity index (χ3v) is 4.51. The lowest BCUT2D eigenvalue weighted by Crippen LogP contribution is -2.64. The number of para-hydroxylation sites is 1. The van der Waals surface area contributed by atoms with Crippen LogP contribution in [0.4, 0.5) is 5.69 Å². The molecule has 2 heterocycles. The van der Waals surface area contributed by atoms with Crippen LogP contribution in [0.3, 0.4) is 0 Å². The Bertz CT molecular complexity index is 467. The van der Waals surface area contributed by atoms with Crippen LogP contribution in [0.2, 0.25) is 0 Å². The molecule has 3 rings (SSSR count). The molecule has 0 radical (unpaired) electrons. The van der Waals surface area contributed by atoms with Crippen LogP contribution in [0.1, 0.15) is 5.56 Å². The summed E-state index contributed by atoms with van der Waals surface area (Å²) in [6.45, 7) is 7.26. The first-order valence-electron chi connectivity index (χ1n) is 7.82. The summed E-state index contributed by atoms with van der Waals surface area (Å²) in [6.07, 6.45) is 0. The minimum absolute atomic E-state index is 0.553. The van der Waals surface area contributed by atoms with E-state index in [1.165, 1.54) is 11.3 Å². The fourth-order valence-electron chi connectivity index (χ4n) is 2.98. The molecule has 116 valence electrons. The highest BCUT2D eigenvalue weighted by Crippen LogP contribution is 2.21. The number of aliphatic hydroxyl groups is 1. The molecule has 0 aliphatic carbocycles. The van der Waals surface area contributed by atoms with Crippen LogP contribution >= 0.6 is 0 Å². The van der Waals surface area contributed by atoms with Crippen molar-refractivity contribution in [2.75, 3.05) is 57.8 Å². The number of piperazine rings is 1. The number of nitrogens with zero attached hydrogens (tertiary/aromatic N) is 2. The SMILES string of the molecule is CN1CCN(c2ccccc2CNCC2(O)CNC2)CC1. The molecule has 2 aliphatic rings. The fourth-order valence-corrected chi connectivity index (χ4v) is 2.98. The maximum atomic E-state index is 10.1. The largest absolute Gasteiger partial charge is 0.386 e. The van der Waals surface area contributed by atoms with Gasteiger partial charge in [0.05, 0.1) is 0 Å². The molecular formula is C16H26N4O. The molecule has 21 heavy (non-hydrogen) atoms. The maximum absolute atomic E-state index is 10.1. The van der Waals surface area contributed by atoms with Crippen molar-refractivity contribution in [3.8, 4) is 0 Å². The van der Waals surface area contributed by atoms with Gasteiger partial charge in [-0.15, -0.1) is 0 Å². The second-order valence-corrected chi connectivity index (χ2v) is 6.35. The zero-order chi connectivity index (χ0) is 14.7. The van der Waals surface area contributed by atoms with Crippen LogP contribution in [-0.4, -0.2) is 68.5 Å². The predicted octanol–water partition coefficient (Wildman–Crippen LogP) is -0.138. The first-order chi connectivity index (χ1) is 10.2. The van der Waals surface area contributed by atoms with Crippen molar-refractivity contribution in [2.45, 2.75) is 12.1 Å². The van der Waals surface area contributed by atoms with E-state index in [0.717, 1.165) is 32.7 Å². The van der Waals surface area contributed by atoms with E-state index in [1.54, 1.807) is 0 Å². The highest BCUT2D eigenvalue weighted by atomic mass is 16.3. The van der Waals surface area contributed by atoms with E-state index in [-0.39, 0.29) is 0 Å². The van der Waals surface area contributed by atoms with Gasteiger partial charge in [-0.3, -0.25) is 0 Å². The van der Waals surface area contributed by atoms with Gasteiger partial charge in [0.25, 0.3) is 0 Å². The van der Waals surface area contributed by atoms with Crippen LogP contribution in [0.15, 0.2) is 24.3 Å². The van der Waals surface area contributed by atoms with Gasteiger partial charge >= 0.3 is 0 Å². The average Bonchev–Trinajstić information content (AvgIpc) is 2.47. The molecule has 2 saturated heterocycles. The summed E-state index contributed by atoms with van der Waals surface area (Å²) in [6, 6.07) is 8.60. The van der Waals surface area contributed by atoms with Crippen molar-refractivity contribution >= 4 is 5.69 Å². The van der Waals surface area contributed by atoms with Gasteiger partial charge < -0.3 is 25.5 Å². The molecule has 5 heteroatoms. The number of hydrogen-bond donors (Lipinski definition) is 3. The number of benzene rings is 1. The monoisotopic (exact) mass is 290 g/mol. The average molecular weight is 290 g/mol. The number of β-amino-alcohol motifs (C(OH)–C–C–N with tert-alkyl or cyclic N) is 1. The van der Waals surface area contributed by atoms with Crippen molar-refractivity contribution in [3.63, 3.8) is 0 Å². The second-order valence-electron chi connectivity index (χ2n) is 6.35. The normalized spacial score (nSPS) is 22.1. The number of hydrogen-bond acceptors (Lipinski definition) is 5. The third-order valence-electron chi connectivity index (χ3n) is 4.51. The van der Waals surface area contributed by atoms with E-state index in [4.69, 9.17) is 0 Å². The van der Waals surface area contributed by atoms with Crippen LogP contribution in [0.5, 0.6) is 0 Å². The molecule has 0 aromatic heterocycles. The van der Waals surface area contributed by atoms with Crippen LogP contribution in [0.25, 0.3) is 0 Å². The Balaban J connectivity index is 1.59. The lowest BCUT2D eigenvalue weighted by Gasteiger charge is -2.38. The molecule has 0 bridgehead atoms. The van der Waals surface area contributed by atoms with Crippen molar-refractivity contribution in [2.24, 2.45) is 0 Å². The van der Waals surface area contributed by atoms with Crippen molar-refractivity contribution in [1.29, 1.82) is 0 Å². The van der Waals surface area contributed by atoms with Gasteiger partial charge in [0.1, 0.15) is 5.60 Å². The van der Waals surface area contributed by atoms with E-state index in [0.29, 0.717) is 19.6 Å². The number of rotatable bonds is 5. The summed E-state index contributed by atoms with van der Waals surface area (Å²) in [7, 11) is 2.18. The Morgan fingerprint density at radius 3 is 2.57 bits per heavy atom. The molecule has 5 nitrogen and oxygen atoms in total. The standard InChI is InChI=1S/C16H26N4O/c1-19-6-8-20(9-7-19)15-5-3-2-4-14(15)10-17-11-16(21)12-18-13-16/h2-5,17-18,21H,6-13H2,1H3. The molecule has 0 amide bonds. The number of likely N-dealkylation sites (N-methyl/N-ethyl adjacent to an activating group) is 1.